The molecule has 5 heteroatoms. The molecule has 0 bridgehead atoms. The SMILES string of the molecule is CCNC(C)c1csc(-c2ccc(Br)o2)n1. The van der Waals surface area contributed by atoms with Gasteiger partial charge in [0, 0.05) is 11.4 Å². The van der Waals surface area contributed by atoms with Crippen LogP contribution in [0.2, 0.25) is 0 Å². The van der Waals surface area contributed by atoms with Gasteiger partial charge < -0.3 is 9.73 Å². The zero-order valence-electron chi connectivity index (χ0n) is 9.16. The number of halogens is 1. The van der Waals surface area contributed by atoms with Crippen LogP contribution in [0.4, 0.5) is 0 Å². The van der Waals surface area contributed by atoms with E-state index in [0.29, 0.717) is 0 Å². The van der Waals surface area contributed by atoms with Crippen LogP contribution in [0.25, 0.3) is 10.8 Å². The summed E-state index contributed by atoms with van der Waals surface area (Å²) < 4.78 is 6.20. The number of rotatable bonds is 4. The van der Waals surface area contributed by atoms with E-state index in [1.165, 1.54) is 0 Å². The van der Waals surface area contributed by atoms with E-state index < -0.39 is 0 Å². The predicted molar refractivity (Wildman–Crippen MR) is 69.6 cm³/mol. The number of hydrogen-bond acceptors (Lipinski definition) is 4. The largest absolute Gasteiger partial charge is 0.447 e. The quantitative estimate of drug-likeness (QED) is 0.932. The van der Waals surface area contributed by atoms with Gasteiger partial charge in [-0.3, -0.25) is 0 Å². The number of nitrogens with zero attached hydrogens (tertiary/aromatic N) is 1. The van der Waals surface area contributed by atoms with Crippen LogP contribution >= 0.6 is 27.3 Å². The standard InChI is InChI=1S/C11H13BrN2OS/c1-3-13-7(2)8-6-16-11(14-8)9-4-5-10(12)15-9/h4-7,13H,3H2,1-2H3. The lowest BCUT2D eigenvalue weighted by atomic mass is 10.2. The number of furan rings is 1. The molecule has 0 saturated heterocycles. The first-order valence-corrected chi connectivity index (χ1v) is 6.82. The van der Waals surface area contributed by atoms with Gasteiger partial charge in [-0.2, -0.15) is 0 Å². The van der Waals surface area contributed by atoms with Crippen molar-refractivity contribution in [2.45, 2.75) is 19.9 Å². The minimum absolute atomic E-state index is 0.286. The molecule has 0 fully saturated rings. The third-order valence-corrected chi connectivity index (χ3v) is 3.56. The topological polar surface area (TPSA) is 38.1 Å². The summed E-state index contributed by atoms with van der Waals surface area (Å²) in [4.78, 5) is 4.55. The lowest BCUT2D eigenvalue weighted by Gasteiger charge is -2.07. The Morgan fingerprint density at radius 2 is 2.38 bits per heavy atom. The zero-order chi connectivity index (χ0) is 11.5. The fourth-order valence-corrected chi connectivity index (χ4v) is 2.62. The van der Waals surface area contributed by atoms with Gasteiger partial charge in [-0.25, -0.2) is 4.98 Å². The molecular weight excluding hydrogens is 288 g/mol. The van der Waals surface area contributed by atoms with Gasteiger partial charge in [0.15, 0.2) is 15.4 Å². The first-order valence-electron chi connectivity index (χ1n) is 5.15. The van der Waals surface area contributed by atoms with Crippen LogP contribution in [0.1, 0.15) is 25.6 Å². The van der Waals surface area contributed by atoms with Gasteiger partial charge in [-0.1, -0.05) is 6.92 Å². The van der Waals surface area contributed by atoms with Crippen LogP contribution < -0.4 is 5.32 Å². The van der Waals surface area contributed by atoms with Gasteiger partial charge in [-0.15, -0.1) is 11.3 Å². The molecule has 2 aromatic heterocycles. The van der Waals surface area contributed by atoms with Crippen LogP contribution in [0.5, 0.6) is 0 Å². The molecule has 0 amide bonds. The van der Waals surface area contributed by atoms with Crippen LogP contribution in [0.15, 0.2) is 26.6 Å². The molecule has 2 heterocycles. The summed E-state index contributed by atoms with van der Waals surface area (Å²) in [5, 5.41) is 6.33. The van der Waals surface area contributed by atoms with Crippen molar-refractivity contribution in [3.8, 4) is 10.8 Å². The fraction of sp³-hybridized carbons (Fsp3) is 0.364. The molecule has 86 valence electrons. The number of aromatic nitrogens is 1. The van der Waals surface area contributed by atoms with Crippen molar-refractivity contribution in [2.24, 2.45) is 0 Å². The Hall–Kier alpha value is -0.650. The Labute approximate surface area is 107 Å². The van der Waals surface area contributed by atoms with Crippen LogP contribution in [-0.4, -0.2) is 11.5 Å². The highest BCUT2D eigenvalue weighted by atomic mass is 79.9. The minimum Gasteiger partial charge on any atom is -0.447 e. The third-order valence-electron chi connectivity index (χ3n) is 2.26. The smallest absolute Gasteiger partial charge is 0.170 e. The molecule has 3 nitrogen and oxygen atoms in total. The van der Waals surface area contributed by atoms with E-state index in [1.54, 1.807) is 11.3 Å². The molecule has 0 aliphatic carbocycles. The van der Waals surface area contributed by atoms with Crippen LogP contribution in [0, 0.1) is 0 Å². The summed E-state index contributed by atoms with van der Waals surface area (Å²) in [6.45, 7) is 5.15. The zero-order valence-corrected chi connectivity index (χ0v) is 11.6. The number of nitrogens with one attached hydrogen (secondary N) is 1. The van der Waals surface area contributed by atoms with Gasteiger partial charge in [-0.05, 0) is 41.5 Å². The van der Waals surface area contributed by atoms with Gasteiger partial charge in [0.05, 0.1) is 5.69 Å². The second-order valence-corrected chi connectivity index (χ2v) is 5.10. The van der Waals surface area contributed by atoms with E-state index in [0.717, 1.165) is 27.7 Å². The monoisotopic (exact) mass is 300 g/mol. The second-order valence-electron chi connectivity index (χ2n) is 3.46. The summed E-state index contributed by atoms with van der Waals surface area (Å²) >= 11 is 4.89. The van der Waals surface area contributed by atoms with Crippen molar-refractivity contribution in [1.29, 1.82) is 0 Å². The van der Waals surface area contributed by atoms with Gasteiger partial charge in [0.2, 0.25) is 0 Å². The molecule has 1 atom stereocenters. The maximum atomic E-state index is 5.47. The molecule has 0 aliphatic heterocycles. The number of hydrogen-bond donors (Lipinski definition) is 1. The summed E-state index contributed by atoms with van der Waals surface area (Å²) in [5.41, 5.74) is 1.06. The Balaban J connectivity index is 2.19. The lowest BCUT2D eigenvalue weighted by molar-refractivity contribution is 0.553. The van der Waals surface area contributed by atoms with Crippen LogP contribution in [0.3, 0.4) is 0 Å². The Morgan fingerprint density at radius 3 is 3.00 bits per heavy atom. The maximum absolute atomic E-state index is 5.47. The van der Waals surface area contributed by atoms with Crippen molar-refractivity contribution < 1.29 is 4.42 Å². The Morgan fingerprint density at radius 1 is 1.56 bits per heavy atom. The van der Waals surface area contributed by atoms with E-state index in [9.17, 15) is 0 Å². The molecule has 1 unspecified atom stereocenters. The van der Waals surface area contributed by atoms with E-state index >= 15 is 0 Å². The average Bonchev–Trinajstić information content (AvgIpc) is 2.85. The minimum atomic E-state index is 0.286. The molecule has 2 rings (SSSR count). The summed E-state index contributed by atoms with van der Waals surface area (Å²) in [5.74, 6) is 0.812. The highest BCUT2D eigenvalue weighted by Gasteiger charge is 2.12. The van der Waals surface area contributed by atoms with Gasteiger partial charge in [0.25, 0.3) is 0 Å². The highest BCUT2D eigenvalue weighted by molar-refractivity contribution is 9.10. The highest BCUT2D eigenvalue weighted by Crippen LogP contribution is 2.29. The molecule has 0 spiro atoms. The molecule has 2 aromatic rings. The van der Waals surface area contributed by atoms with Gasteiger partial charge >= 0.3 is 0 Å². The van der Waals surface area contributed by atoms with E-state index in [2.05, 4.69) is 45.5 Å². The van der Waals surface area contributed by atoms with E-state index in [1.807, 2.05) is 12.1 Å². The summed E-state index contributed by atoms with van der Waals surface area (Å²) in [7, 11) is 0. The first-order chi connectivity index (χ1) is 7.70. The summed E-state index contributed by atoms with van der Waals surface area (Å²) in [6.07, 6.45) is 0. The van der Waals surface area contributed by atoms with Crippen molar-refractivity contribution in [3.05, 3.63) is 27.9 Å². The average molecular weight is 301 g/mol. The molecule has 1 N–H and O–H groups in total. The summed E-state index contributed by atoms with van der Waals surface area (Å²) in [6, 6.07) is 4.09. The molecule has 16 heavy (non-hydrogen) atoms. The lowest BCUT2D eigenvalue weighted by Crippen LogP contribution is -2.17. The molecule has 0 saturated carbocycles. The molecule has 0 aliphatic rings. The van der Waals surface area contributed by atoms with Crippen molar-refractivity contribution in [3.63, 3.8) is 0 Å². The Bertz CT molecular complexity index is 466. The van der Waals surface area contributed by atoms with Crippen LogP contribution in [-0.2, 0) is 0 Å². The number of thiazole rings is 1. The van der Waals surface area contributed by atoms with E-state index in [4.69, 9.17) is 4.42 Å². The van der Waals surface area contributed by atoms with Crippen molar-refractivity contribution in [2.75, 3.05) is 6.54 Å². The predicted octanol–water partition coefficient (Wildman–Crippen LogP) is 3.84. The Kier molecular flexibility index (Phi) is 3.78. The van der Waals surface area contributed by atoms with Gasteiger partial charge in [0.1, 0.15) is 0 Å². The fourth-order valence-electron chi connectivity index (χ4n) is 1.44. The van der Waals surface area contributed by atoms with Crippen molar-refractivity contribution >= 4 is 27.3 Å². The molecular formula is C11H13BrN2OS. The van der Waals surface area contributed by atoms with Crippen molar-refractivity contribution in [1.82, 2.24) is 10.3 Å². The first kappa shape index (κ1) is 11.8. The molecule has 0 radical (unpaired) electrons. The molecule has 0 aromatic carbocycles. The maximum Gasteiger partial charge on any atom is 0.170 e. The normalized spacial score (nSPS) is 12.9. The van der Waals surface area contributed by atoms with E-state index in [-0.39, 0.29) is 6.04 Å². The second kappa shape index (κ2) is 5.12. The third kappa shape index (κ3) is 2.53.